The van der Waals surface area contributed by atoms with Crippen LogP contribution in [-0.4, -0.2) is 53.0 Å². The van der Waals surface area contributed by atoms with E-state index in [9.17, 15) is 18.9 Å². The minimum atomic E-state index is -3.85. The molecule has 0 aliphatic carbocycles. The van der Waals surface area contributed by atoms with Crippen molar-refractivity contribution < 1.29 is 68.9 Å². The third kappa shape index (κ3) is 100. The molecule has 0 saturated carbocycles. The van der Waals surface area contributed by atoms with Gasteiger partial charge in [-0.3, -0.25) is 18.1 Å². The number of unbranched alkanes of at least 4 members (excludes halogenated alkanes) is 45. The fourth-order valence-corrected chi connectivity index (χ4v) is 10.9. The van der Waals surface area contributed by atoms with Gasteiger partial charge in [-0.1, -0.05) is 329 Å². The molecule has 0 aliphatic heterocycles. The normalized spacial score (nSPS) is 9.88. The molecule has 0 amide bonds. The van der Waals surface area contributed by atoms with E-state index in [1.165, 1.54) is 263 Å². The fraction of sp³-hybridized carbons (Fsp3) is 0.772. The van der Waals surface area contributed by atoms with Crippen molar-refractivity contribution in [3.8, 4) is 107 Å². The predicted molar refractivity (Wildman–Crippen MR) is 387 cm³/mol. The Morgan fingerprint density at radius 1 is 0.250 bits per heavy atom. The Hall–Kier alpha value is -3.27. The maximum absolute atomic E-state index is 11.9. The molecule has 0 unspecified atom stereocenters. The fourth-order valence-electron chi connectivity index (χ4n) is 9.28. The van der Waals surface area contributed by atoms with Gasteiger partial charge in [-0.2, -0.15) is 0 Å². The third-order valence-corrected chi connectivity index (χ3v) is 16.7. The van der Waals surface area contributed by atoms with Crippen molar-refractivity contribution in [3.63, 3.8) is 0 Å². The number of aliphatic hydroxyl groups excluding tert-OH is 2. The van der Waals surface area contributed by atoms with Crippen LogP contribution in [0, 0.1) is 107 Å². The molecule has 13 heteroatoms. The van der Waals surface area contributed by atoms with Crippen LogP contribution in [0.4, 0.5) is 0 Å². The van der Waals surface area contributed by atoms with E-state index in [-0.39, 0.29) is 21.7 Å². The summed E-state index contributed by atoms with van der Waals surface area (Å²) in [5.41, 5.74) is 0. The number of hydrogen-bond acceptors (Lipinski definition) is 8. The van der Waals surface area contributed by atoms with Crippen molar-refractivity contribution in [1.82, 2.24) is 0 Å². The van der Waals surface area contributed by atoms with Gasteiger partial charge in [0.15, 0.2) is 0 Å². The predicted octanol–water partition coefficient (Wildman–Crippen LogP) is 22.2. The molecular formula is C79H132O10P2Ti. The molecule has 0 atom stereocenters. The average molecular weight is 1350 g/mol. The zero-order valence-electron chi connectivity index (χ0n) is 59.5. The summed E-state index contributed by atoms with van der Waals surface area (Å²) in [6.07, 6.45) is 64.4. The molecule has 522 valence electrons. The first-order valence-corrected chi connectivity index (χ1v) is 39.5. The van der Waals surface area contributed by atoms with E-state index in [1.54, 1.807) is 13.0 Å². The van der Waals surface area contributed by atoms with Crippen LogP contribution in [-0.2, 0) is 48.9 Å². The van der Waals surface area contributed by atoms with Crippen LogP contribution in [0.15, 0.2) is 0 Å². The summed E-state index contributed by atoms with van der Waals surface area (Å²) in [6.45, 7) is 14.6. The topological polar surface area (TPSA) is 152 Å². The second kappa shape index (κ2) is 89.8. The molecule has 0 aromatic heterocycles. The molecule has 0 aromatic carbocycles. The zero-order valence-corrected chi connectivity index (χ0v) is 62.9. The maximum atomic E-state index is 11.9. The first-order chi connectivity index (χ1) is 44.6. The first-order valence-electron chi connectivity index (χ1n) is 36.5. The second-order valence-electron chi connectivity index (χ2n) is 23.3. The molecule has 0 aromatic rings. The van der Waals surface area contributed by atoms with E-state index in [0.29, 0.717) is 33.0 Å². The van der Waals surface area contributed by atoms with Crippen molar-refractivity contribution in [1.29, 1.82) is 0 Å². The summed E-state index contributed by atoms with van der Waals surface area (Å²) < 4.78 is 44.2. The molecule has 0 fully saturated rings. The Bertz CT molecular complexity index is 2050. The molecule has 0 saturated heterocycles. The average Bonchev–Trinajstić information content (AvgIpc) is 3.70. The molecular weight excluding hydrogens is 1220 g/mol. The van der Waals surface area contributed by atoms with Gasteiger partial charge in [-0.15, -0.1) is 0 Å². The summed E-state index contributed by atoms with van der Waals surface area (Å²) in [5, 5.41) is 16.5. The summed E-state index contributed by atoms with van der Waals surface area (Å²) in [6, 6.07) is 0. The van der Waals surface area contributed by atoms with E-state index in [2.05, 4.69) is 135 Å². The van der Waals surface area contributed by atoms with Gasteiger partial charge >= 0.3 is 15.6 Å². The van der Waals surface area contributed by atoms with Crippen LogP contribution >= 0.6 is 15.6 Å². The van der Waals surface area contributed by atoms with Crippen LogP contribution in [0.1, 0.15) is 363 Å². The van der Waals surface area contributed by atoms with Gasteiger partial charge in [-0.05, 0) is 86.4 Å². The van der Waals surface area contributed by atoms with Gasteiger partial charge in [0.25, 0.3) is 0 Å². The van der Waals surface area contributed by atoms with Crippen LogP contribution in [0.2, 0.25) is 0 Å². The summed E-state index contributed by atoms with van der Waals surface area (Å²) in [4.78, 5) is 19.5. The molecule has 10 nitrogen and oxygen atoms in total. The molecule has 92 heavy (non-hydrogen) atoms. The van der Waals surface area contributed by atoms with Crippen LogP contribution in [0.25, 0.3) is 0 Å². The van der Waals surface area contributed by atoms with Gasteiger partial charge in [-0.25, -0.2) is 9.13 Å². The quantitative estimate of drug-likeness (QED) is 0.0200. The smallest absolute Gasteiger partial charge is 0.461 e. The molecule has 0 aliphatic rings. The van der Waals surface area contributed by atoms with Crippen LogP contribution in [0.5, 0.6) is 0 Å². The zero-order chi connectivity index (χ0) is 67.4. The van der Waals surface area contributed by atoms with E-state index in [4.69, 9.17) is 28.3 Å². The Morgan fingerprint density at radius 3 is 0.565 bits per heavy atom. The Balaban J connectivity index is -0.000000390. The molecule has 0 rings (SSSR count). The molecule has 4 N–H and O–H groups in total. The second-order valence-corrected chi connectivity index (χ2v) is 26.2. The number of hydrogen-bond donors (Lipinski definition) is 4. The van der Waals surface area contributed by atoms with Gasteiger partial charge in [0.1, 0.15) is 6.11 Å². The van der Waals surface area contributed by atoms with Crippen LogP contribution < -0.4 is 0 Å². The Morgan fingerprint density at radius 2 is 0.402 bits per heavy atom. The van der Waals surface area contributed by atoms with Crippen molar-refractivity contribution in [2.45, 2.75) is 363 Å². The summed E-state index contributed by atoms with van der Waals surface area (Å²) in [7, 11) is -7.70. The Labute approximate surface area is 583 Å². The monoisotopic (exact) mass is 1350 g/mol. The number of phosphoric ester groups is 2. The van der Waals surface area contributed by atoms with Gasteiger partial charge in [0.2, 0.25) is 0 Å². The van der Waals surface area contributed by atoms with Crippen molar-refractivity contribution >= 4 is 15.6 Å². The van der Waals surface area contributed by atoms with E-state index in [0.717, 1.165) is 57.8 Å². The summed E-state index contributed by atoms with van der Waals surface area (Å²) >= 11 is 0. The number of phosphoric acid groups is 2. The van der Waals surface area contributed by atoms with Crippen LogP contribution in [0.3, 0.4) is 0 Å². The number of aliphatic hydroxyl groups is 2. The molecule has 0 spiro atoms. The SMILES string of the molecule is CC#CC#CC#CC#CC#CC#CC#CC#CC#CO.CCCCCCCCCCCCCOP(=O)(O)OCCCCCCCCCCCCC.CCCCCCCCCCCCCOP(=O)(O)OCCCCCCCCCCCCC.CCCCCCCCO.[Ti]. The minimum Gasteiger partial charge on any atom is -0.461 e. The van der Waals surface area contributed by atoms with Crippen molar-refractivity contribution in [3.05, 3.63) is 0 Å². The number of rotatable bonds is 58. The third-order valence-electron chi connectivity index (χ3n) is 14.6. The summed E-state index contributed by atoms with van der Waals surface area (Å²) in [5.74, 6) is 41.6. The Kier molecular flexibility index (Phi) is 95.1. The van der Waals surface area contributed by atoms with Gasteiger partial charge in [0.05, 0.1) is 26.4 Å². The van der Waals surface area contributed by atoms with E-state index in [1.807, 2.05) is 0 Å². The van der Waals surface area contributed by atoms with Crippen molar-refractivity contribution in [2.24, 2.45) is 0 Å². The largest absolute Gasteiger partial charge is 0.472 e. The van der Waals surface area contributed by atoms with Gasteiger partial charge in [0, 0.05) is 75.7 Å². The molecule has 0 radical (unpaired) electrons. The standard InChI is InChI=1S/2C26H55O4P.C19H4O.C8H18O.Ti/c2*1-3-5-7-9-11-13-15-17-19-21-23-25-29-31(27,28)30-26-24-22-20-18-16-14-12-10-8-6-4-2;1-2-3-4-5-6-7-8-9-10-11-12-13-14-15-16-17-18-19-20;1-2-3-4-5-6-7-8-9;/h2*3-26H2,1-2H3,(H,27,28);20H,1H3;9H,2-8H2,1H3;. The van der Waals surface area contributed by atoms with Crippen molar-refractivity contribution in [2.75, 3.05) is 33.0 Å². The molecule has 0 heterocycles. The van der Waals surface area contributed by atoms with Gasteiger partial charge < -0.3 is 20.0 Å². The maximum Gasteiger partial charge on any atom is 0.472 e. The minimum absolute atomic E-state index is 0. The first kappa shape index (κ1) is 97.4. The molecule has 0 bridgehead atoms. The van der Waals surface area contributed by atoms with E-state index < -0.39 is 15.6 Å². The van der Waals surface area contributed by atoms with E-state index >= 15 is 0 Å².